The molecule has 2 heteroatoms. The summed E-state index contributed by atoms with van der Waals surface area (Å²) < 4.78 is 11.6. The minimum atomic E-state index is 0.0708. The number of hydrogen-bond donors (Lipinski definition) is 0. The van der Waals surface area contributed by atoms with Crippen LogP contribution in [-0.2, 0) is 9.47 Å². The van der Waals surface area contributed by atoms with Crippen LogP contribution in [0.5, 0.6) is 0 Å². The Morgan fingerprint density at radius 3 is 2.67 bits per heavy atom. The molecule has 0 radical (unpaired) electrons. The quantitative estimate of drug-likeness (QED) is 0.666. The average Bonchev–Trinajstić information content (AvgIpc) is 2.30. The van der Waals surface area contributed by atoms with Gasteiger partial charge in [-0.2, -0.15) is 0 Å². The van der Waals surface area contributed by atoms with Crippen molar-refractivity contribution < 1.29 is 9.47 Å². The van der Waals surface area contributed by atoms with Crippen molar-refractivity contribution in [3.8, 4) is 0 Å². The lowest BCUT2D eigenvalue weighted by atomic mass is 9.78. The van der Waals surface area contributed by atoms with Crippen LogP contribution < -0.4 is 0 Å². The van der Waals surface area contributed by atoms with E-state index in [1.807, 2.05) is 0 Å². The Bertz CT molecular complexity index is 215. The Morgan fingerprint density at radius 2 is 2.07 bits per heavy atom. The molecule has 0 aromatic carbocycles. The highest BCUT2D eigenvalue weighted by atomic mass is 16.7. The number of allylic oxidation sites excluding steroid dienone is 2. The molecule has 1 heterocycles. The number of ether oxygens (including phenoxy) is 2. The number of rotatable bonds is 3. The highest BCUT2D eigenvalue weighted by Gasteiger charge is 2.36. The molecule has 2 nitrogen and oxygen atoms in total. The van der Waals surface area contributed by atoms with Crippen molar-refractivity contribution >= 4 is 0 Å². The van der Waals surface area contributed by atoms with E-state index in [0.717, 1.165) is 26.1 Å². The van der Waals surface area contributed by atoms with Gasteiger partial charge in [0.25, 0.3) is 0 Å². The van der Waals surface area contributed by atoms with Gasteiger partial charge in [0.15, 0.2) is 6.29 Å². The summed E-state index contributed by atoms with van der Waals surface area (Å²) in [6.45, 7) is 3.99. The summed E-state index contributed by atoms with van der Waals surface area (Å²) in [5, 5.41) is 0. The van der Waals surface area contributed by atoms with Gasteiger partial charge in [-0.3, -0.25) is 0 Å². The number of hydrogen-bond acceptors (Lipinski definition) is 2. The van der Waals surface area contributed by atoms with Crippen LogP contribution in [0.3, 0.4) is 0 Å². The van der Waals surface area contributed by atoms with E-state index in [0.29, 0.717) is 5.41 Å². The van der Waals surface area contributed by atoms with Crippen molar-refractivity contribution in [1.82, 2.24) is 0 Å². The van der Waals surface area contributed by atoms with Crippen LogP contribution in [0.4, 0.5) is 0 Å². The predicted octanol–water partition coefficient (Wildman–Crippen LogP) is 3.28. The minimum absolute atomic E-state index is 0.0708. The van der Waals surface area contributed by atoms with Crippen LogP contribution in [-0.4, -0.2) is 19.5 Å². The molecule has 1 saturated heterocycles. The van der Waals surface area contributed by atoms with E-state index in [1.165, 1.54) is 25.7 Å². The van der Waals surface area contributed by atoms with Crippen molar-refractivity contribution in [2.45, 2.75) is 51.7 Å². The third kappa shape index (κ3) is 2.82. The molecule has 86 valence electrons. The monoisotopic (exact) mass is 210 g/mol. The lowest BCUT2D eigenvalue weighted by molar-refractivity contribution is -0.233. The zero-order valence-corrected chi connectivity index (χ0v) is 9.71. The lowest BCUT2D eigenvalue weighted by Crippen LogP contribution is -2.42. The van der Waals surface area contributed by atoms with Gasteiger partial charge in [0.05, 0.1) is 13.2 Å². The van der Waals surface area contributed by atoms with Gasteiger partial charge in [-0.05, 0) is 32.1 Å². The largest absolute Gasteiger partial charge is 0.352 e. The van der Waals surface area contributed by atoms with Crippen LogP contribution in [0.2, 0.25) is 0 Å². The highest BCUT2D eigenvalue weighted by Crippen LogP contribution is 2.37. The van der Waals surface area contributed by atoms with Crippen molar-refractivity contribution in [2.24, 2.45) is 5.41 Å². The predicted molar refractivity (Wildman–Crippen MR) is 60.6 cm³/mol. The first-order valence-electron chi connectivity index (χ1n) is 6.23. The summed E-state index contributed by atoms with van der Waals surface area (Å²) in [5.74, 6) is 0. The van der Waals surface area contributed by atoms with Gasteiger partial charge >= 0.3 is 0 Å². The van der Waals surface area contributed by atoms with Crippen LogP contribution in [0.1, 0.15) is 45.4 Å². The molecule has 2 rings (SSSR count). The highest BCUT2D eigenvalue weighted by molar-refractivity contribution is 4.98. The van der Waals surface area contributed by atoms with E-state index in [4.69, 9.17) is 9.47 Å². The van der Waals surface area contributed by atoms with Crippen LogP contribution >= 0.6 is 0 Å². The second kappa shape index (κ2) is 5.13. The normalized spacial score (nSPS) is 35.9. The average molecular weight is 210 g/mol. The molecule has 1 aliphatic carbocycles. The fourth-order valence-electron chi connectivity index (χ4n) is 2.37. The Kier molecular flexibility index (Phi) is 3.81. The van der Waals surface area contributed by atoms with E-state index in [2.05, 4.69) is 19.1 Å². The van der Waals surface area contributed by atoms with E-state index in [1.54, 1.807) is 0 Å². The third-order valence-electron chi connectivity index (χ3n) is 3.50. The van der Waals surface area contributed by atoms with Gasteiger partial charge < -0.3 is 9.47 Å². The van der Waals surface area contributed by atoms with E-state index in [9.17, 15) is 0 Å². The Hall–Kier alpha value is -0.340. The van der Waals surface area contributed by atoms with Gasteiger partial charge in [-0.25, -0.2) is 0 Å². The molecule has 0 bridgehead atoms. The second-order valence-corrected chi connectivity index (χ2v) is 4.91. The van der Waals surface area contributed by atoms with Crippen LogP contribution in [0.25, 0.3) is 0 Å². The van der Waals surface area contributed by atoms with Gasteiger partial charge in [0, 0.05) is 5.41 Å². The summed E-state index contributed by atoms with van der Waals surface area (Å²) >= 11 is 0. The van der Waals surface area contributed by atoms with Crippen molar-refractivity contribution in [1.29, 1.82) is 0 Å². The molecule has 0 N–H and O–H groups in total. The molecule has 1 aliphatic heterocycles. The molecule has 1 fully saturated rings. The van der Waals surface area contributed by atoms with E-state index in [-0.39, 0.29) is 6.29 Å². The molecule has 15 heavy (non-hydrogen) atoms. The smallest absolute Gasteiger partial charge is 0.157 e. The fraction of sp³-hybridized carbons (Fsp3) is 0.846. The summed E-state index contributed by atoms with van der Waals surface area (Å²) in [6.07, 6.45) is 11.7. The third-order valence-corrected chi connectivity index (χ3v) is 3.50. The van der Waals surface area contributed by atoms with E-state index < -0.39 is 0 Å². The van der Waals surface area contributed by atoms with Crippen molar-refractivity contribution in [2.75, 3.05) is 13.2 Å². The standard InChI is InChI=1S/C13H22O2/c1-2-3-7-12-14-10-13(11-15-12)8-5-4-6-9-13/h4-5,12H,2-3,6-11H2,1H3. The molecular weight excluding hydrogens is 188 g/mol. The number of unbranched alkanes of at least 4 members (excludes halogenated alkanes) is 1. The zero-order chi connectivity index (χ0) is 10.6. The van der Waals surface area contributed by atoms with Gasteiger partial charge in [0.1, 0.15) is 0 Å². The first-order valence-corrected chi connectivity index (χ1v) is 6.23. The first-order chi connectivity index (χ1) is 7.35. The summed E-state index contributed by atoms with van der Waals surface area (Å²) in [4.78, 5) is 0. The van der Waals surface area contributed by atoms with Gasteiger partial charge in [0.2, 0.25) is 0 Å². The lowest BCUT2D eigenvalue weighted by Gasteiger charge is -2.40. The van der Waals surface area contributed by atoms with Crippen molar-refractivity contribution in [3.63, 3.8) is 0 Å². The minimum Gasteiger partial charge on any atom is -0.352 e. The summed E-state index contributed by atoms with van der Waals surface area (Å²) in [7, 11) is 0. The molecule has 0 amide bonds. The van der Waals surface area contributed by atoms with Crippen LogP contribution in [0.15, 0.2) is 12.2 Å². The SMILES string of the molecule is CCCCC1OCC2(CC=CCC2)CO1. The van der Waals surface area contributed by atoms with E-state index >= 15 is 0 Å². The Morgan fingerprint density at radius 1 is 1.27 bits per heavy atom. The molecule has 0 aromatic rings. The summed E-state index contributed by atoms with van der Waals surface area (Å²) in [5.41, 5.74) is 0.303. The first kappa shape index (κ1) is 11.2. The molecule has 0 atom stereocenters. The molecule has 0 aromatic heterocycles. The maximum atomic E-state index is 5.82. The fourth-order valence-corrected chi connectivity index (χ4v) is 2.37. The molecule has 0 saturated carbocycles. The topological polar surface area (TPSA) is 18.5 Å². The Balaban J connectivity index is 1.78. The second-order valence-electron chi connectivity index (χ2n) is 4.91. The molecule has 0 unspecified atom stereocenters. The van der Waals surface area contributed by atoms with Gasteiger partial charge in [-0.1, -0.05) is 25.5 Å². The van der Waals surface area contributed by atoms with Gasteiger partial charge in [-0.15, -0.1) is 0 Å². The zero-order valence-electron chi connectivity index (χ0n) is 9.71. The maximum Gasteiger partial charge on any atom is 0.157 e. The van der Waals surface area contributed by atoms with Crippen LogP contribution in [0, 0.1) is 5.41 Å². The molecular formula is C13H22O2. The van der Waals surface area contributed by atoms with Crippen molar-refractivity contribution in [3.05, 3.63) is 12.2 Å². The Labute approximate surface area is 92.6 Å². The maximum absolute atomic E-state index is 5.82. The molecule has 2 aliphatic rings. The molecule has 1 spiro atoms. The summed E-state index contributed by atoms with van der Waals surface area (Å²) in [6, 6.07) is 0.